The van der Waals surface area contributed by atoms with E-state index in [1.54, 1.807) is 13.8 Å². The molecule has 0 aliphatic heterocycles. The summed E-state index contributed by atoms with van der Waals surface area (Å²) < 4.78 is 6.04. The van der Waals surface area contributed by atoms with Gasteiger partial charge < -0.3 is 4.74 Å². The quantitative estimate of drug-likeness (QED) is 0.679. The van der Waals surface area contributed by atoms with Crippen LogP contribution in [0, 0.1) is 5.41 Å². The highest BCUT2D eigenvalue weighted by Gasteiger charge is 2.29. The van der Waals surface area contributed by atoms with E-state index in [9.17, 15) is 9.59 Å². The minimum absolute atomic E-state index is 0.179. The van der Waals surface area contributed by atoms with Gasteiger partial charge >= 0.3 is 5.97 Å². The van der Waals surface area contributed by atoms with Crippen molar-refractivity contribution in [2.45, 2.75) is 20.4 Å². The number of carbonyl (C=O) groups excluding carboxylic acids is 1. The summed E-state index contributed by atoms with van der Waals surface area (Å²) in [7, 11) is 1.33. The van der Waals surface area contributed by atoms with Crippen molar-refractivity contribution in [1.82, 2.24) is 9.55 Å². The van der Waals surface area contributed by atoms with Gasteiger partial charge in [0.05, 0.1) is 18.9 Å². The first kappa shape index (κ1) is 11.4. The van der Waals surface area contributed by atoms with Crippen LogP contribution in [-0.2, 0) is 16.1 Å². The Balaban J connectivity index is 2.91. The fourth-order valence-corrected chi connectivity index (χ4v) is 1.26. The smallest absolute Gasteiger partial charge is 0.313 e. The summed E-state index contributed by atoms with van der Waals surface area (Å²) in [5.41, 5.74) is -0.913. The average molecular weight is 210 g/mol. The average Bonchev–Trinajstić information content (AvgIpc) is 2.20. The Morgan fingerprint density at radius 3 is 2.80 bits per heavy atom. The number of rotatable bonds is 3. The van der Waals surface area contributed by atoms with Crippen LogP contribution in [0.5, 0.6) is 0 Å². The number of nitrogens with zero attached hydrogens (tertiary/aromatic N) is 2. The Morgan fingerprint density at radius 2 is 2.27 bits per heavy atom. The van der Waals surface area contributed by atoms with Crippen molar-refractivity contribution >= 4 is 5.97 Å². The Labute approximate surface area is 87.7 Å². The zero-order valence-electron chi connectivity index (χ0n) is 9.06. The molecule has 0 aliphatic rings. The summed E-state index contributed by atoms with van der Waals surface area (Å²) in [5.74, 6) is -0.349. The molecule has 1 rings (SSSR count). The Morgan fingerprint density at radius 1 is 1.60 bits per heavy atom. The van der Waals surface area contributed by atoms with Crippen LogP contribution in [0.4, 0.5) is 0 Å². The number of carbonyl (C=O) groups is 1. The second-order valence-electron chi connectivity index (χ2n) is 3.92. The van der Waals surface area contributed by atoms with Crippen LogP contribution in [0.25, 0.3) is 0 Å². The number of aromatic nitrogens is 2. The van der Waals surface area contributed by atoms with Crippen LogP contribution < -0.4 is 5.56 Å². The number of hydrogen-bond acceptors (Lipinski definition) is 4. The van der Waals surface area contributed by atoms with E-state index in [1.165, 1.54) is 30.3 Å². The van der Waals surface area contributed by atoms with Crippen LogP contribution in [0.3, 0.4) is 0 Å². The lowest BCUT2D eigenvalue weighted by Gasteiger charge is -2.21. The maximum atomic E-state index is 11.4. The molecule has 0 amide bonds. The molecule has 0 fully saturated rings. The van der Waals surface area contributed by atoms with E-state index in [-0.39, 0.29) is 18.1 Å². The monoisotopic (exact) mass is 210 g/mol. The molecule has 0 aliphatic carbocycles. The van der Waals surface area contributed by atoms with Gasteiger partial charge in [-0.2, -0.15) is 0 Å². The molecular weight excluding hydrogens is 196 g/mol. The molecule has 0 saturated carbocycles. The Bertz CT molecular complexity index is 409. The minimum Gasteiger partial charge on any atom is -0.469 e. The molecule has 0 N–H and O–H groups in total. The fourth-order valence-electron chi connectivity index (χ4n) is 1.26. The first-order chi connectivity index (χ1) is 6.97. The molecule has 0 bridgehead atoms. The van der Waals surface area contributed by atoms with Crippen molar-refractivity contribution in [3.63, 3.8) is 0 Å². The molecule has 1 aromatic heterocycles. The molecule has 5 nitrogen and oxygen atoms in total. The zero-order valence-corrected chi connectivity index (χ0v) is 9.06. The predicted octanol–water partition coefficient (Wildman–Crippen LogP) is 0.443. The number of hydrogen-bond donors (Lipinski definition) is 0. The van der Waals surface area contributed by atoms with E-state index in [1.807, 2.05) is 0 Å². The van der Waals surface area contributed by atoms with Gasteiger partial charge in [0.2, 0.25) is 0 Å². The van der Waals surface area contributed by atoms with E-state index in [4.69, 9.17) is 0 Å². The predicted molar refractivity (Wildman–Crippen MR) is 54.3 cm³/mol. The number of ether oxygens (including phenoxy) is 1. The molecule has 0 radical (unpaired) electrons. The van der Waals surface area contributed by atoms with E-state index in [2.05, 4.69) is 9.72 Å². The molecule has 1 heterocycles. The highest BCUT2D eigenvalue weighted by atomic mass is 16.5. The summed E-state index contributed by atoms with van der Waals surface area (Å²) >= 11 is 0. The van der Waals surface area contributed by atoms with Crippen molar-refractivity contribution in [2.75, 3.05) is 7.11 Å². The lowest BCUT2D eigenvalue weighted by Crippen LogP contribution is -2.34. The normalized spacial score (nSPS) is 11.1. The second-order valence-corrected chi connectivity index (χ2v) is 3.92. The summed E-state index contributed by atoms with van der Waals surface area (Å²) in [4.78, 5) is 26.6. The van der Waals surface area contributed by atoms with Crippen molar-refractivity contribution in [3.8, 4) is 0 Å². The molecule has 0 aromatic carbocycles. The van der Waals surface area contributed by atoms with Crippen LogP contribution in [-0.4, -0.2) is 22.6 Å². The van der Waals surface area contributed by atoms with Crippen LogP contribution in [0.2, 0.25) is 0 Å². The lowest BCUT2D eigenvalue weighted by molar-refractivity contribution is -0.151. The number of methoxy groups -OCH3 is 1. The topological polar surface area (TPSA) is 61.2 Å². The van der Waals surface area contributed by atoms with Crippen molar-refractivity contribution in [3.05, 3.63) is 28.9 Å². The Kier molecular flexibility index (Phi) is 3.24. The molecular formula is C10H14N2O3. The first-order valence-electron chi connectivity index (χ1n) is 4.56. The fraction of sp³-hybridized carbons (Fsp3) is 0.500. The first-order valence-corrected chi connectivity index (χ1v) is 4.56. The SMILES string of the molecule is COC(=O)C(C)(C)Cn1cnccc1=O. The summed E-state index contributed by atoms with van der Waals surface area (Å²) in [5, 5.41) is 0. The van der Waals surface area contributed by atoms with Gasteiger partial charge in [-0.15, -0.1) is 0 Å². The third-order valence-corrected chi connectivity index (χ3v) is 2.10. The highest BCUT2D eigenvalue weighted by molar-refractivity contribution is 5.75. The van der Waals surface area contributed by atoms with Gasteiger partial charge in [0.15, 0.2) is 0 Å². The van der Waals surface area contributed by atoms with Crippen molar-refractivity contribution in [2.24, 2.45) is 5.41 Å². The zero-order chi connectivity index (χ0) is 11.5. The van der Waals surface area contributed by atoms with E-state index >= 15 is 0 Å². The van der Waals surface area contributed by atoms with E-state index in [0.717, 1.165) is 0 Å². The third-order valence-electron chi connectivity index (χ3n) is 2.10. The van der Waals surface area contributed by atoms with Crippen molar-refractivity contribution < 1.29 is 9.53 Å². The lowest BCUT2D eigenvalue weighted by atomic mass is 9.94. The number of esters is 1. The summed E-state index contributed by atoms with van der Waals surface area (Å²) in [6.45, 7) is 3.70. The molecule has 5 heteroatoms. The van der Waals surface area contributed by atoms with Crippen LogP contribution >= 0.6 is 0 Å². The molecule has 15 heavy (non-hydrogen) atoms. The standard InChI is InChI=1S/C10H14N2O3/c1-10(2,9(14)15-3)6-12-7-11-5-4-8(12)13/h4-5,7H,6H2,1-3H3. The molecule has 1 aromatic rings. The van der Waals surface area contributed by atoms with Gasteiger partial charge in [0.1, 0.15) is 0 Å². The van der Waals surface area contributed by atoms with Crippen molar-refractivity contribution in [1.29, 1.82) is 0 Å². The molecule has 0 unspecified atom stereocenters. The van der Waals surface area contributed by atoms with Gasteiger partial charge in [-0.1, -0.05) is 0 Å². The van der Waals surface area contributed by atoms with Gasteiger partial charge in [-0.05, 0) is 13.8 Å². The van der Waals surface area contributed by atoms with Gasteiger partial charge in [0.25, 0.3) is 5.56 Å². The summed E-state index contributed by atoms with van der Waals surface area (Å²) in [6, 6.07) is 1.35. The van der Waals surface area contributed by atoms with E-state index < -0.39 is 5.41 Å². The minimum atomic E-state index is -0.735. The van der Waals surface area contributed by atoms with Gasteiger partial charge in [-0.3, -0.25) is 14.2 Å². The molecule has 0 saturated heterocycles. The maximum Gasteiger partial charge on any atom is 0.313 e. The second kappa shape index (κ2) is 4.25. The van der Waals surface area contributed by atoms with Gasteiger partial charge in [0, 0.05) is 18.8 Å². The highest BCUT2D eigenvalue weighted by Crippen LogP contribution is 2.18. The molecule has 0 atom stereocenters. The molecule has 82 valence electrons. The molecule has 0 spiro atoms. The van der Waals surface area contributed by atoms with Gasteiger partial charge in [-0.25, -0.2) is 4.98 Å². The van der Waals surface area contributed by atoms with Crippen LogP contribution in [0.15, 0.2) is 23.4 Å². The largest absolute Gasteiger partial charge is 0.469 e. The van der Waals surface area contributed by atoms with E-state index in [0.29, 0.717) is 0 Å². The maximum absolute atomic E-state index is 11.4. The van der Waals surface area contributed by atoms with Crippen LogP contribution in [0.1, 0.15) is 13.8 Å². The Hall–Kier alpha value is -1.65. The third kappa shape index (κ3) is 2.65. The summed E-state index contributed by atoms with van der Waals surface area (Å²) in [6.07, 6.45) is 2.83.